The molecule has 72 valence electrons. The maximum absolute atomic E-state index is 10.6. The van der Waals surface area contributed by atoms with Crippen LogP contribution in [0.5, 0.6) is 5.75 Å². The van der Waals surface area contributed by atoms with Gasteiger partial charge in [-0.3, -0.25) is 4.79 Å². The van der Waals surface area contributed by atoms with Crippen LogP contribution in [-0.4, -0.2) is 17.3 Å². The van der Waals surface area contributed by atoms with Gasteiger partial charge in [0.1, 0.15) is 5.69 Å². The molecule has 13 heavy (non-hydrogen) atoms. The Balaban J connectivity index is 0.00000144. The van der Waals surface area contributed by atoms with Gasteiger partial charge in [-0.25, -0.2) is 4.98 Å². The Labute approximate surface area is 91.4 Å². The van der Waals surface area contributed by atoms with Crippen molar-refractivity contribution in [1.82, 2.24) is 4.98 Å². The van der Waals surface area contributed by atoms with Gasteiger partial charge < -0.3 is 4.74 Å². The third-order valence-corrected chi connectivity index (χ3v) is 1.73. The molecule has 1 aromatic rings. The quantitative estimate of drug-likeness (QED) is 0.748. The van der Waals surface area contributed by atoms with Gasteiger partial charge in [-0.05, 0) is 17.7 Å². The molecule has 1 heterocycles. The zero-order valence-electron chi connectivity index (χ0n) is 6.58. The molecule has 0 aliphatic rings. The second-order valence-electron chi connectivity index (χ2n) is 1.98. The number of hydrogen-bond donors (Lipinski definition) is 0. The van der Waals surface area contributed by atoms with Crippen LogP contribution in [0.4, 0.5) is 0 Å². The van der Waals surface area contributed by atoms with E-state index in [0.717, 1.165) is 0 Å². The van der Waals surface area contributed by atoms with Gasteiger partial charge in [0.2, 0.25) is 0 Å². The summed E-state index contributed by atoms with van der Waals surface area (Å²) < 4.78 is 4.83. The topological polar surface area (TPSA) is 39.2 Å². The molecule has 0 N–H and O–H groups in total. The first-order valence-corrected chi connectivity index (χ1v) is 3.80. The molecule has 0 atom stereocenters. The molecule has 0 saturated carbocycles. The summed E-state index contributed by atoms with van der Waals surface area (Å²) in [7, 11) is 1.46. The lowest BCUT2D eigenvalue weighted by atomic mass is 10.3. The molecule has 0 aromatic carbocycles. The predicted molar refractivity (Wildman–Crippen MR) is 53.2 cm³/mol. The maximum Gasteiger partial charge on any atom is 0.270 e. The molecule has 0 amide bonds. The summed E-state index contributed by atoms with van der Waals surface area (Å²) in [5.41, 5.74) is 0.113. The van der Waals surface area contributed by atoms with Crippen molar-refractivity contribution in [3.63, 3.8) is 0 Å². The monoisotopic (exact) mass is 241 g/mol. The van der Waals surface area contributed by atoms with Gasteiger partial charge in [0.05, 0.1) is 18.3 Å². The Morgan fingerprint density at radius 1 is 1.62 bits per heavy atom. The van der Waals surface area contributed by atoms with Crippen molar-refractivity contribution >= 4 is 40.9 Å². The first-order chi connectivity index (χ1) is 5.65. The number of ether oxygens (including phenoxy) is 1. The van der Waals surface area contributed by atoms with Crippen molar-refractivity contribution in [2.75, 3.05) is 7.11 Å². The first-order valence-electron chi connectivity index (χ1n) is 3.04. The lowest BCUT2D eigenvalue weighted by Gasteiger charge is -2.01. The standard InChI is InChI=1S/C7H5Cl2NO2.ClH/c1-12-6-3-10-5(7(9)11)2-4(6)8;/h2-3H,1H3;1H. The molecular weight excluding hydrogens is 236 g/mol. The normalized spacial score (nSPS) is 8.85. The fourth-order valence-electron chi connectivity index (χ4n) is 0.676. The molecule has 0 unspecified atom stereocenters. The number of nitrogens with zero attached hydrogens (tertiary/aromatic N) is 1. The maximum atomic E-state index is 10.6. The number of rotatable bonds is 2. The third-order valence-electron chi connectivity index (χ3n) is 1.24. The fourth-order valence-corrected chi connectivity index (χ4v) is 1.01. The van der Waals surface area contributed by atoms with Crippen molar-refractivity contribution in [2.45, 2.75) is 0 Å². The van der Waals surface area contributed by atoms with Crippen LogP contribution >= 0.6 is 35.6 Å². The minimum atomic E-state index is -0.639. The van der Waals surface area contributed by atoms with Crippen LogP contribution in [0.2, 0.25) is 5.02 Å². The molecule has 0 saturated heterocycles. The molecule has 0 spiro atoms. The Bertz CT molecular complexity index is 317. The predicted octanol–water partition coefficient (Wildman–Crippen LogP) is 2.54. The van der Waals surface area contributed by atoms with Gasteiger partial charge >= 0.3 is 0 Å². The molecular formula is C7H6Cl3NO2. The van der Waals surface area contributed by atoms with E-state index in [-0.39, 0.29) is 18.1 Å². The van der Waals surface area contributed by atoms with E-state index >= 15 is 0 Å². The van der Waals surface area contributed by atoms with Crippen molar-refractivity contribution in [3.05, 3.63) is 23.0 Å². The van der Waals surface area contributed by atoms with E-state index in [9.17, 15) is 4.79 Å². The number of carbonyl (C=O) groups is 1. The van der Waals surface area contributed by atoms with E-state index in [1.165, 1.54) is 19.4 Å². The van der Waals surface area contributed by atoms with E-state index in [1.54, 1.807) is 0 Å². The third kappa shape index (κ3) is 3.03. The second-order valence-corrected chi connectivity index (χ2v) is 2.73. The molecule has 1 rings (SSSR count). The Kier molecular flexibility index (Phi) is 5.06. The smallest absolute Gasteiger partial charge is 0.270 e. The average molecular weight is 242 g/mol. The van der Waals surface area contributed by atoms with Crippen LogP contribution in [0.3, 0.4) is 0 Å². The summed E-state index contributed by atoms with van der Waals surface area (Å²) in [5, 5.41) is -0.323. The SMILES string of the molecule is COc1cnc(C(=O)Cl)cc1Cl.Cl. The fraction of sp³-hybridized carbons (Fsp3) is 0.143. The van der Waals surface area contributed by atoms with Crippen LogP contribution in [0.1, 0.15) is 10.5 Å². The van der Waals surface area contributed by atoms with E-state index in [0.29, 0.717) is 10.8 Å². The lowest BCUT2D eigenvalue weighted by molar-refractivity contribution is 0.107. The summed E-state index contributed by atoms with van der Waals surface area (Å²) in [5.74, 6) is 0.415. The van der Waals surface area contributed by atoms with Crippen LogP contribution in [0, 0.1) is 0 Å². The largest absolute Gasteiger partial charge is 0.494 e. The minimum absolute atomic E-state index is 0. The Hall–Kier alpha value is -0.510. The Morgan fingerprint density at radius 2 is 2.23 bits per heavy atom. The highest BCUT2D eigenvalue weighted by molar-refractivity contribution is 6.67. The van der Waals surface area contributed by atoms with E-state index in [4.69, 9.17) is 27.9 Å². The molecule has 0 fully saturated rings. The highest BCUT2D eigenvalue weighted by atomic mass is 35.5. The average Bonchev–Trinajstić information content (AvgIpc) is 2.04. The highest BCUT2D eigenvalue weighted by Crippen LogP contribution is 2.23. The number of pyridine rings is 1. The van der Waals surface area contributed by atoms with Crippen LogP contribution in [-0.2, 0) is 0 Å². The second kappa shape index (κ2) is 5.27. The lowest BCUT2D eigenvalue weighted by Crippen LogP contribution is -1.94. The molecule has 1 aromatic heterocycles. The van der Waals surface area contributed by atoms with Gasteiger partial charge in [-0.2, -0.15) is 0 Å². The van der Waals surface area contributed by atoms with Gasteiger partial charge in [0.15, 0.2) is 5.75 Å². The minimum Gasteiger partial charge on any atom is -0.494 e. The molecule has 0 aliphatic carbocycles. The van der Waals surface area contributed by atoms with Crippen LogP contribution < -0.4 is 4.74 Å². The van der Waals surface area contributed by atoms with Crippen molar-refractivity contribution < 1.29 is 9.53 Å². The number of methoxy groups -OCH3 is 1. The molecule has 0 bridgehead atoms. The van der Waals surface area contributed by atoms with Crippen molar-refractivity contribution in [2.24, 2.45) is 0 Å². The number of carbonyl (C=O) groups excluding carboxylic acids is 1. The van der Waals surface area contributed by atoms with Crippen molar-refractivity contribution in [1.29, 1.82) is 0 Å². The van der Waals surface area contributed by atoms with E-state index < -0.39 is 5.24 Å². The van der Waals surface area contributed by atoms with Gasteiger partial charge in [0.25, 0.3) is 5.24 Å². The number of halogens is 3. The molecule has 6 heteroatoms. The van der Waals surface area contributed by atoms with E-state index in [2.05, 4.69) is 4.98 Å². The molecule has 0 aliphatic heterocycles. The number of aromatic nitrogens is 1. The van der Waals surface area contributed by atoms with Crippen LogP contribution in [0.15, 0.2) is 12.3 Å². The summed E-state index contributed by atoms with van der Waals surface area (Å²) in [4.78, 5) is 14.3. The van der Waals surface area contributed by atoms with Gasteiger partial charge in [-0.15, -0.1) is 12.4 Å². The summed E-state index contributed by atoms with van der Waals surface area (Å²) >= 11 is 10.9. The van der Waals surface area contributed by atoms with Crippen molar-refractivity contribution in [3.8, 4) is 5.75 Å². The molecule has 3 nitrogen and oxygen atoms in total. The number of hydrogen-bond acceptors (Lipinski definition) is 3. The first kappa shape index (κ1) is 12.5. The molecule has 0 radical (unpaired) electrons. The zero-order valence-corrected chi connectivity index (χ0v) is 8.91. The van der Waals surface area contributed by atoms with Gasteiger partial charge in [0, 0.05) is 0 Å². The van der Waals surface area contributed by atoms with Gasteiger partial charge in [-0.1, -0.05) is 11.6 Å². The highest BCUT2D eigenvalue weighted by Gasteiger charge is 2.07. The van der Waals surface area contributed by atoms with E-state index in [1.807, 2.05) is 0 Å². The zero-order chi connectivity index (χ0) is 9.14. The van der Waals surface area contributed by atoms with Crippen LogP contribution in [0.25, 0.3) is 0 Å². The summed E-state index contributed by atoms with van der Waals surface area (Å²) in [6.07, 6.45) is 1.35. The summed E-state index contributed by atoms with van der Waals surface area (Å²) in [6.45, 7) is 0. The summed E-state index contributed by atoms with van der Waals surface area (Å²) in [6, 6.07) is 1.36. The Morgan fingerprint density at radius 3 is 2.62 bits per heavy atom.